The molecule has 1 saturated heterocycles. The molecule has 6 nitrogen and oxygen atoms in total. The number of carbonyl (C=O) groups is 2. The van der Waals surface area contributed by atoms with Crippen LogP contribution in [0.2, 0.25) is 10.2 Å². The standard InChI is InChI=1S/C18H17Cl2N3O3/c1-26-18(25)11-4-6-14(23-8-2-3-9-23)13(10-11)21-17(24)16-12(19)5-7-15(20)22-16/h4-7,10H,2-3,8-9H2,1H3,(H,21,24). The third-order valence-corrected chi connectivity index (χ3v) is 4.66. The number of methoxy groups -OCH3 is 1. The molecule has 0 aliphatic carbocycles. The first kappa shape index (κ1) is 18.5. The first-order chi connectivity index (χ1) is 12.5. The first-order valence-electron chi connectivity index (χ1n) is 8.10. The molecule has 136 valence electrons. The molecule has 1 aliphatic rings. The van der Waals surface area contributed by atoms with Crippen LogP contribution in [0.5, 0.6) is 0 Å². The Balaban J connectivity index is 1.96. The number of pyridine rings is 1. The number of esters is 1. The molecule has 1 aromatic heterocycles. The molecule has 1 amide bonds. The third-order valence-electron chi connectivity index (χ3n) is 4.14. The summed E-state index contributed by atoms with van der Waals surface area (Å²) in [5.41, 5.74) is 1.70. The molecule has 0 saturated carbocycles. The molecule has 3 rings (SSSR count). The molecule has 0 atom stereocenters. The Bertz CT molecular complexity index is 852. The van der Waals surface area contributed by atoms with Gasteiger partial charge in [0.05, 0.1) is 29.1 Å². The van der Waals surface area contributed by atoms with Gasteiger partial charge < -0.3 is 15.0 Å². The summed E-state index contributed by atoms with van der Waals surface area (Å²) in [5.74, 6) is -0.979. The summed E-state index contributed by atoms with van der Waals surface area (Å²) in [6, 6.07) is 8.10. The van der Waals surface area contributed by atoms with Crippen molar-refractivity contribution in [2.75, 3.05) is 30.4 Å². The van der Waals surface area contributed by atoms with Crippen molar-refractivity contribution in [1.29, 1.82) is 0 Å². The molecule has 1 aromatic carbocycles. The van der Waals surface area contributed by atoms with Gasteiger partial charge in [-0.2, -0.15) is 0 Å². The zero-order valence-electron chi connectivity index (χ0n) is 14.1. The van der Waals surface area contributed by atoms with E-state index in [4.69, 9.17) is 27.9 Å². The fourth-order valence-electron chi connectivity index (χ4n) is 2.87. The van der Waals surface area contributed by atoms with Crippen molar-refractivity contribution in [1.82, 2.24) is 4.98 Å². The Morgan fingerprint density at radius 3 is 2.58 bits per heavy atom. The lowest BCUT2D eigenvalue weighted by Gasteiger charge is -2.22. The molecular formula is C18H17Cl2N3O3. The van der Waals surface area contributed by atoms with Crippen LogP contribution in [0.15, 0.2) is 30.3 Å². The number of carbonyl (C=O) groups excluding carboxylic acids is 2. The predicted molar refractivity (Wildman–Crippen MR) is 101 cm³/mol. The van der Waals surface area contributed by atoms with Crippen molar-refractivity contribution >= 4 is 46.5 Å². The highest BCUT2D eigenvalue weighted by Crippen LogP contribution is 2.31. The smallest absolute Gasteiger partial charge is 0.337 e. The Kier molecular flexibility index (Phi) is 5.64. The second kappa shape index (κ2) is 7.93. The number of hydrogen-bond donors (Lipinski definition) is 1. The molecule has 2 heterocycles. The molecule has 1 N–H and O–H groups in total. The van der Waals surface area contributed by atoms with Crippen LogP contribution in [-0.4, -0.2) is 37.1 Å². The minimum Gasteiger partial charge on any atom is -0.465 e. The monoisotopic (exact) mass is 393 g/mol. The van der Waals surface area contributed by atoms with Crippen LogP contribution < -0.4 is 10.2 Å². The van der Waals surface area contributed by atoms with Gasteiger partial charge in [-0.1, -0.05) is 23.2 Å². The summed E-state index contributed by atoms with van der Waals surface area (Å²) < 4.78 is 4.76. The summed E-state index contributed by atoms with van der Waals surface area (Å²) in [7, 11) is 1.31. The summed E-state index contributed by atoms with van der Waals surface area (Å²) in [6.45, 7) is 1.77. The normalized spacial score (nSPS) is 13.6. The number of nitrogens with zero attached hydrogens (tertiary/aromatic N) is 2. The van der Waals surface area contributed by atoms with Crippen molar-refractivity contribution in [3.05, 3.63) is 51.8 Å². The van der Waals surface area contributed by atoms with Crippen molar-refractivity contribution in [2.45, 2.75) is 12.8 Å². The molecule has 1 fully saturated rings. The fourth-order valence-corrected chi connectivity index (χ4v) is 3.21. The van der Waals surface area contributed by atoms with Gasteiger partial charge in [-0.25, -0.2) is 9.78 Å². The van der Waals surface area contributed by atoms with Crippen LogP contribution in [-0.2, 0) is 4.74 Å². The van der Waals surface area contributed by atoms with E-state index < -0.39 is 11.9 Å². The summed E-state index contributed by atoms with van der Waals surface area (Å²) in [6.07, 6.45) is 2.15. The van der Waals surface area contributed by atoms with Gasteiger partial charge in [0.1, 0.15) is 10.8 Å². The SMILES string of the molecule is COC(=O)c1ccc(N2CCCC2)c(NC(=O)c2nc(Cl)ccc2Cl)c1. The molecule has 2 aromatic rings. The van der Waals surface area contributed by atoms with Crippen molar-refractivity contribution < 1.29 is 14.3 Å². The maximum absolute atomic E-state index is 12.7. The van der Waals surface area contributed by atoms with Gasteiger partial charge in [-0.3, -0.25) is 4.79 Å². The number of anilines is 2. The van der Waals surface area contributed by atoms with Gasteiger partial charge in [0.15, 0.2) is 0 Å². The van der Waals surface area contributed by atoms with E-state index in [2.05, 4.69) is 15.2 Å². The summed E-state index contributed by atoms with van der Waals surface area (Å²) in [4.78, 5) is 30.6. The molecule has 0 radical (unpaired) electrons. The van der Waals surface area contributed by atoms with Gasteiger partial charge in [-0.05, 0) is 43.2 Å². The molecule has 0 spiro atoms. The number of ether oxygens (including phenoxy) is 1. The predicted octanol–water partition coefficient (Wildman–Crippen LogP) is 4.03. The maximum atomic E-state index is 12.7. The topological polar surface area (TPSA) is 71.5 Å². The van der Waals surface area contributed by atoms with Crippen LogP contribution in [0, 0.1) is 0 Å². The van der Waals surface area contributed by atoms with Crippen LogP contribution in [0.1, 0.15) is 33.7 Å². The molecule has 0 bridgehead atoms. The van der Waals surface area contributed by atoms with E-state index in [1.54, 1.807) is 18.2 Å². The number of halogens is 2. The van der Waals surface area contributed by atoms with Crippen LogP contribution >= 0.6 is 23.2 Å². The Morgan fingerprint density at radius 2 is 1.88 bits per heavy atom. The van der Waals surface area contributed by atoms with Crippen molar-refractivity contribution in [2.24, 2.45) is 0 Å². The van der Waals surface area contributed by atoms with Crippen LogP contribution in [0.4, 0.5) is 11.4 Å². The van der Waals surface area contributed by atoms with Crippen molar-refractivity contribution in [3.8, 4) is 0 Å². The van der Waals surface area contributed by atoms with Crippen molar-refractivity contribution in [3.63, 3.8) is 0 Å². The Labute approximate surface area is 161 Å². The van der Waals surface area contributed by atoms with Gasteiger partial charge in [0, 0.05) is 13.1 Å². The van der Waals surface area contributed by atoms with E-state index in [1.807, 2.05) is 0 Å². The van der Waals surface area contributed by atoms with Crippen LogP contribution in [0.25, 0.3) is 0 Å². The van der Waals surface area contributed by atoms with Gasteiger partial charge in [0.2, 0.25) is 0 Å². The number of aromatic nitrogens is 1. The Hall–Kier alpha value is -2.31. The quantitative estimate of drug-likeness (QED) is 0.626. The summed E-state index contributed by atoms with van der Waals surface area (Å²) in [5, 5.41) is 3.16. The van der Waals surface area contributed by atoms with E-state index in [9.17, 15) is 9.59 Å². The fraction of sp³-hybridized carbons (Fsp3) is 0.278. The highest BCUT2D eigenvalue weighted by Gasteiger charge is 2.21. The van der Waals surface area contributed by atoms with E-state index in [1.165, 1.54) is 19.2 Å². The molecular weight excluding hydrogens is 377 g/mol. The minimum absolute atomic E-state index is 0.0232. The molecule has 0 unspecified atom stereocenters. The average molecular weight is 394 g/mol. The lowest BCUT2D eigenvalue weighted by atomic mass is 10.1. The average Bonchev–Trinajstić information content (AvgIpc) is 3.17. The van der Waals surface area contributed by atoms with E-state index in [0.29, 0.717) is 11.3 Å². The third kappa shape index (κ3) is 3.92. The highest BCUT2D eigenvalue weighted by molar-refractivity contribution is 6.35. The lowest BCUT2D eigenvalue weighted by molar-refractivity contribution is 0.0600. The number of nitrogens with one attached hydrogen (secondary N) is 1. The van der Waals surface area contributed by atoms with Crippen LogP contribution in [0.3, 0.4) is 0 Å². The number of amides is 1. The van der Waals surface area contributed by atoms with Gasteiger partial charge in [-0.15, -0.1) is 0 Å². The second-order valence-electron chi connectivity index (χ2n) is 5.84. The second-order valence-corrected chi connectivity index (χ2v) is 6.63. The highest BCUT2D eigenvalue weighted by atomic mass is 35.5. The van der Waals surface area contributed by atoms with Gasteiger partial charge in [0.25, 0.3) is 5.91 Å². The zero-order chi connectivity index (χ0) is 18.7. The van der Waals surface area contributed by atoms with E-state index in [-0.39, 0.29) is 15.9 Å². The van der Waals surface area contributed by atoms with E-state index in [0.717, 1.165) is 31.6 Å². The first-order valence-corrected chi connectivity index (χ1v) is 8.86. The lowest BCUT2D eigenvalue weighted by Crippen LogP contribution is -2.22. The number of benzene rings is 1. The Morgan fingerprint density at radius 1 is 1.15 bits per heavy atom. The largest absolute Gasteiger partial charge is 0.465 e. The number of hydrogen-bond acceptors (Lipinski definition) is 5. The molecule has 8 heteroatoms. The maximum Gasteiger partial charge on any atom is 0.337 e. The molecule has 1 aliphatic heterocycles. The summed E-state index contributed by atoms with van der Waals surface area (Å²) >= 11 is 11.9. The molecule has 26 heavy (non-hydrogen) atoms. The minimum atomic E-state index is -0.500. The van der Waals surface area contributed by atoms with E-state index >= 15 is 0 Å². The van der Waals surface area contributed by atoms with Gasteiger partial charge >= 0.3 is 5.97 Å². The number of rotatable bonds is 4. The zero-order valence-corrected chi connectivity index (χ0v) is 15.6.